The minimum absolute atomic E-state index is 0.0635. The van der Waals surface area contributed by atoms with Gasteiger partial charge in [-0.2, -0.15) is 5.10 Å². The van der Waals surface area contributed by atoms with E-state index in [2.05, 4.69) is 17.2 Å². The molecule has 0 unspecified atom stereocenters. The van der Waals surface area contributed by atoms with Gasteiger partial charge in [0.05, 0.1) is 0 Å². The first-order valence-electron chi connectivity index (χ1n) is 8.93. The van der Waals surface area contributed by atoms with E-state index in [1.165, 1.54) is 4.68 Å². The number of aromatic nitrogens is 4. The zero-order valence-electron chi connectivity index (χ0n) is 15.1. The number of hydrogen-bond acceptors (Lipinski definition) is 5. The van der Waals surface area contributed by atoms with E-state index in [0.29, 0.717) is 25.3 Å². The van der Waals surface area contributed by atoms with E-state index in [0.717, 1.165) is 37.3 Å². The van der Waals surface area contributed by atoms with Crippen LogP contribution in [0.2, 0.25) is 0 Å². The third-order valence-electron chi connectivity index (χ3n) is 4.70. The summed E-state index contributed by atoms with van der Waals surface area (Å²) in [6.45, 7) is 5.80. The Kier molecular flexibility index (Phi) is 5.06. The number of amides is 1. The topological polar surface area (TPSA) is 86.2 Å². The zero-order valence-corrected chi connectivity index (χ0v) is 15.1. The van der Waals surface area contributed by atoms with Gasteiger partial charge in [-0.3, -0.25) is 9.36 Å². The van der Waals surface area contributed by atoms with Crippen LogP contribution < -0.4 is 5.69 Å². The molecule has 25 heavy (non-hydrogen) atoms. The molecule has 2 aromatic heterocycles. The molecule has 0 aromatic carbocycles. The van der Waals surface area contributed by atoms with Crippen LogP contribution in [0.1, 0.15) is 61.1 Å². The van der Waals surface area contributed by atoms with Crippen LogP contribution in [0.25, 0.3) is 0 Å². The third-order valence-corrected chi connectivity index (χ3v) is 4.70. The number of nitrogens with zero attached hydrogens (tertiary/aromatic N) is 5. The average molecular weight is 347 g/mol. The number of carbonyl (C=O) groups is 1. The van der Waals surface area contributed by atoms with Crippen molar-refractivity contribution in [3.8, 4) is 0 Å². The first kappa shape index (κ1) is 17.4. The summed E-state index contributed by atoms with van der Waals surface area (Å²) in [5, 5.41) is 8.31. The van der Waals surface area contributed by atoms with Crippen molar-refractivity contribution in [2.75, 3.05) is 13.1 Å². The first-order chi connectivity index (χ1) is 12.0. The number of hydrogen-bond donors (Lipinski definition) is 0. The van der Waals surface area contributed by atoms with Gasteiger partial charge in [0.2, 0.25) is 0 Å². The van der Waals surface area contributed by atoms with E-state index < -0.39 is 0 Å². The summed E-state index contributed by atoms with van der Waals surface area (Å²) < 4.78 is 8.28. The molecule has 136 valence electrons. The summed E-state index contributed by atoms with van der Waals surface area (Å²) in [5.74, 6) is 1.45. The third kappa shape index (κ3) is 3.38. The lowest BCUT2D eigenvalue weighted by Crippen LogP contribution is -2.40. The molecule has 0 radical (unpaired) electrons. The zero-order chi connectivity index (χ0) is 18.0. The number of aryl methyl sites for hydroxylation is 2. The molecule has 1 amide bonds. The maximum Gasteiger partial charge on any atom is 0.345 e. The molecule has 1 aliphatic heterocycles. The van der Waals surface area contributed by atoms with Gasteiger partial charge in [-0.15, -0.1) is 0 Å². The molecule has 0 N–H and O–H groups in total. The molecule has 3 heterocycles. The van der Waals surface area contributed by atoms with Crippen LogP contribution in [-0.4, -0.2) is 43.4 Å². The maximum absolute atomic E-state index is 12.7. The summed E-state index contributed by atoms with van der Waals surface area (Å²) in [7, 11) is 1.66. The Balaban J connectivity index is 1.77. The van der Waals surface area contributed by atoms with Gasteiger partial charge in [-0.1, -0.05) is 12.1 Å². The molecule has 0 saturated carbocycles. The minimum atomic E-state index is -0.114. The summed E-state index contributed by atoms with van der Waals surface area (Å²) >= 11 is 0. The predicted molar refractivity (Wildman–Crippen MR) is 91.5 cm³/mol. The van der Waals surface area contributed by atoms with Crippen molar-refractivity contribution in [3.63, 3.8) is 0 Å². The highest BCUT2D eigenvalue weighted by molar-refractivity contribution is 5.92. The van der Waals surface area contributed by atoms with Crippen LogP contribution in [0.4, 0.5) is 0 Å². The van der Waals surface area contributed by atoms with Crippen molar-refractivity contribution in [1.82, 2.24) is 24.4 Å². The fourth-order valence-corrected chi connectivity index (χ4v) is 3.43. The highest BCUT2D eigenvalue weighted by Crippen LogP contribution is 2.26. The van der Waals surface area contributed by atoms with Crippen LogP contribution in [-0.2, 0) is 20.0 Å². The molecule has 0 aliphatic carbocycles. The lowest BCUT2D eigenvalue weighted by Gasteiger charge is -2.31. The van der Waals surface area contributed by atoms with Crippen molar-refractivity contribution >= 4 is 5.91 Å². The lowest BCUT2D eigenvalue weighted by atomic mass is 9.97. The van der Waals surface area contributed by atoms with Crippen molar-refractivity contribution in [3.05, 3.63) is 33.8 Å². The van der Waals surface area contributed by atoms with E-state index in [1.54, 1.807) is 22.6 Å². The molecule has 1 saturated heterocycles. The Morgan fingerprint density at radius 2 is 2.20 bits per heavy atom. The minimum Gasteiger partial charge on any atom is -0.361 e. The summed E-state index contributed by atoms with van der Waals surface area (Å²) in [6, 6.07) is 1.73. The molecule has 1 fully saturated rings. The second kappa shape index (κ2) is 7.25. The molecule has 8 heteroatoms. The largest absolute Gasteiger partial charge is 0.361 e. The van der Waals surface area contributed by atoms with Crippen LogP contribution in [0, 0.1) is 0 Å². The van der Waals surface area contributed by atoms with Crippen LogP contribution in [0.3, 0.4) is 0 Å². The van der Waals surface area contributed by atoms with Gasteiger partial charge in [0, 0.05) is 45.1 Å². The quantitative estimate of drug-likeness (QED) is 0.819. The summed E-state index contributed by atoms with van der Waals surface area (Å²) in [6.07, 6.45) is 3.52. The van der Waals surface area contributed by atoms with Crippen molar-refractivity contribution in [1.29, 1.82) is 0 Å². The number of carbonyl (C=O) groups excluding carboxylic acids is 1. The van der Waals surface area contributed by atoms with Crippen molar-refractivity contribution in [2.24, 2.45) is 7.05 Å². The van der Waals surface area contributed by atoms with Gasteiger partial charge in [-0.25, -0.2) is 9.48 Å². The van der Waals surface area contributed by atoms with Gasteiger partial charge in [0.15, 0.2) is 5.69 Å². The number of likely N-dealkylation sites (tertiary alicyclic amines) is 1. The SMILES string of the molecule is CCCc1cc(C(=O)N2CCC[C@H](c3nn(C)c(=O)n3CC)C2)no1. The number of rotatable bonds is 5. The van der Waals surface area contributed by atoms with Crippen molar-refractivity contribution < 1.29 is 9.32 Å². The molecule has 1 aliphatic rings. The Hall–Kier alpha value is -2.38. The Morgan fingerprint density at radius 3 is 2.92 bits per heavy atom. The van der Waals surface area contributed by atoms with E-state index in [-0.39, 0.29) is 17.5 Å². The maximum atomic E-state index is 12.7. The van der Waals surface area contributed by atoms with E-state index in [1.807, 2.05) is 6.92 Å². The van der Waals surface area contributed by atoms with Crippen LogP contribution >= 0.6 is 0 Å². The Morgan fingerprint density at radius 1 is 1.40 bits per heavy atom. The second-order valence-corrected chi connectivity index (χ2v) is 6.53. The van der Waals surface area contributed by atoms with E-state index in [9.17, 15) is 9.59 Å². The number of piperidine rings is 1. The average Bonchev–Trinajstić information content (AvgIpc) is 3.20. The van der Waals surface area contributed by atoms with Crippen LogP contribution in [0.5, 0.6) is 0 Å². The molecule has 3 rings (SSSR count). The van der Waals surface area contributed by atoms with Gasteiger partial charge < -0.3 is 9.42 Å². The van der Waals surface area contributed by atoms with E-state index >= 15 is 0 Å². The highest BCUT2D eigenvalue weighted by atomic mass is 16.5. The monoisotopic (exact) mass is 347 g/mol. The fourth-order valence-electron chi connectivity index (χ4n) is 3.43. The highest BCUT2D eigenvalue weighted by Gasteiger charge is 2.30. The van der Waals surface area contributed by atoms with E-state index in [4.69, 9.17) is 4.52 Å². The smallest absolute Gasteiger partial charge is 0.345 e. The fraction of sp³-hybridized carbons (Fsp3) is 0.647. The molecular formula is C17H25N5O3. The van der Waals surface area contributed by atoms with Gasteiger partial charge in [0.25, 0.3) is 5.91 Å². The lowest BCUT2D eigenvalue weighted by molar-refractivity contribution is 0.0692. The molecule has 0 spiro atoms. The molecule has 1 atom stereocenters. The molecule has 0 bridgehead atoms. The van der Waals surface area contributed by atoms with Crippen molar-refractivity contribution in [2.45, 2.75) is 52.0 Å². The van der Waals surface area contributed by atoms with Crippen LogP contribution in [0.15, 0.2) is 15.4 Å². The molecule has 8 nitrogen and oxygen atoms in total. The first-order valence-corrected chi connectivity index (χ1v) is 8.93. The predicted octanol–water partition coefficient (Wildman–Crippen LogP) is 1.56. The summed E-state index contributed by atoms with van der Waals surface area (Å²) in [5.41, 5.74) is 0.250. The Bertz CT molecular complexity index is 804. The van der Waals surface area contributed by atoms with Gasteiger partial charge in [0.1, 0.15) is 11.6 Å². The summed E-state index contributed by atoms with van der Waals surface area (Å²) in [4.78, 5) is 26.6. The molecule has 2 aromatic rings. The standard InChI is InChI=1S/C17H25N5O3/c1-4-7-13-10-14(19-25-13)16(23)21-9-6-8-12(11-21)15-18-20(3)17(24)22(15)5-2/h10,12H,4-9,11H2,1-3H3/t12-/m0/s1. The normalized spacial score (nSPS) is 17.9. The second-order valence-electron chi connectivity index (χ2n) is 6.53. The molecular weight excluding hydrogens is 322 g/mol. The Labute approximate surface area is 146 Å². The van der Waals surface area contributed by atoms with Gasteiger partial charge >= 0.3 is 5.69 Å². The van der Waals surface area contributed by atoms with Gasteiger partial charge in [-0.05, 0) is 26.2 Å².